The Balaban J connectivity index is 1.62. The van der Waals surface area contributed by atoms with Gasteiger partial charge in [-0.15, -0.1) is 0 Å². The Bertz CT molecular complexity index is 810. The molecule has 2 aliphatic rings. The molecule has 2 aliphatic heterocycles. The van der Waals surface area contributed by atoms with Crippen molar-refractivity contribution in [3.63, 3.8) is 0 Å². The molecule has 146 valence electrons. The molecule has 7 nitrogen and oxygen atoms in total. The fraction of sp³-hybridized carbons (Fsp3) is 0.579. The first kappa shape index (κ1) is 19.8. The molecular weight excluding hydrogens is 364 g/mol. The number of carbonyl (C=O) groups excluding carboxylic acids is 1. The topological polar surface area (TPSA) is 84.7 Å². The Kier molecular flexibility index (Phi) is 6.15. The number of amides is 1. The highest BCUT2D eigenvalue weighted by Gasteiger charge is 2.31. The predicted octanol–water partition coefficient (Wildman–Crippen LogP) is 1.27. The maximum absolute atomic E-state index is 12.7. The maximum Gasteiger partial charge on any atom is 0.243 e. The van der Waals surface area contributed by atoms with Crippen LogP contribution in [0.5, 0.6) is 0 Å². The summed E-state index contributed by atoms with van der Waals surface area (Å²) in [6.07, 6.45) is 4.49. The summed E-state index contributed by atoms with van der Waals surface area (Å²) in [6, 6.07) is 8.09. The molecule has 8 heteroatoms. The summed E-state index contributed by atoms with van der Waals surface area (Å²) < 4.78 is 26.5. The van der Waals surface area contributed by atoms with E-state index in [9.17, 15) is 13.2 Å². The van der Waals surface area contributed by atoms with Gasteiger partial charge in [-0.1, -0.05) is 0 Å². The number of rotatable bonds is 5. The van der Waals surface area contributed by atoms with E-state index < -0.39 is 10.0 Å². The molecule has 1 aromatic rings. The van der Waals surface area contributed by atoms with Crippen LogP contribution >= 0.6 is 0 Å². The van der Waals surface area contributed by atoms with Crippen molar-refractivity contribution < 1.29 is 13.2 Å². The number of nitrogens with zero attached hydrogens (tertiary/aromatic N) is 4. The molecular formula is C19H26N4O3S. The fourth-order valence-corrected chi connectivity index (χ4v) is 4.96. The molecule has 0 aromatic heterocycles. The van der Waals surface area contributed by atoms with Crippen LogP contribution in [0.3, 0.4) is 0 Å². The summed E-state index contributed by atoms with van der Waals surface area (Å²) in [6.45, 7) is 3.39. The molecule has 1 aromatic carbocycles. The predicted molar refractivity (Wildman–Crippen MR) is 101 cm³/mol. The minimum atomic E-state index is -3.76. The minimum Gasteiger partial charge on any atom is -0.340 e. The van der Waals surface area contributed by atoms with Gasteiger partial charge in [-0.2, -0.15) is 9.57 Å². The first-order valence-corrected chi connectivity index (χ1v) is 10.8. The lowest BCUT2D eigenvalue weighted by atomic mass is 10.0. The van der Waals surface area contributed by atoms with Gasteiger partial charge in [0.25, 0.3) is 0 Å². The Labute approximate surface area is 161 Å². The van der Waals surface area contributed by atoms with Crippen molar-refractivity contribution >= 4 is 15.9 Å². The molecule has 0 unspecified atom stereocenters. The molecule has 1 atom stereocenters. The molecule has 0 spiro atoms. The average molecular weight is 391 g/mol. The first-order valence-electron chi connectivity index (χ1n) is 9.40. The van der Waals surface area contributed by atoms with Gasteiger partial charge in [0, 0.05) is 26.2 Å². The number of sulfonamides is 1. The lowest BCUT2D eigenvalue weighted by Gasteiger charge is -2.38. The molecule has 2 saturated heterocycles. The normalized spacial score (nSPS) is 21.4. The van der Waals surface area contributed by atoms with E-state index in [4.69, 9.17) is 5.26 Å². The minimum absolute atomic E-state index is 0.0883. The number of nitriles is 1. The van der Waals surface area contributed by atoms with E-state index >= 15 is 0 Å². The van der Waals surface area contributed by atoms with Gasteiger partial charge in [-0.3, -0.25) is 9.69 Å². The number of hydrogen-bond donors (Lipinski definition) is 0. The molecule has 0 radical (unpaired) electrons. The van der Waals surface area contributed by atoms with E-state index in [1.807, 2.05) is 6.07 Å². The summed E-state index contributed by atoms with van der Waals surface area (Å²) >= 11 is 0. The smallest absolute Gasteiger partial charge is 0.243 e. The zero-order chi connectivity index (χ0) is 19.4. The van der Waals surface area contributed by atoms with Crippen LogP contribution < -0.4 is 0 Å². The van der Waals surface area contributed by atoms with Crippen LogP contribution in [0.1, 0.15) is 31.2 Å². The Morgan fingerprint density at radius 3 is 2.48 bits per heavy atom. The molecule has 2 fully saturated rings. The third kappa shape index (κ3) is 4.49. The molecule has 3 rings (SSSR count). The van der Waals surface area contributed by atoms with Crippen molar-refractivity contribution in [2.45, 2.75) is 36.6 Å². The van der Waals surface area contributed by atoms with E-state index in [1.54, 1.807) is 4.90 Å². The van der Waals surface area contributed by atoms with Gasteiger partial charge in [0.2, 0.25) is 15.9 Å². The molecule has 0 bridgehead atoms. The zero-order valence-corrected chi connectivity index (χ0v) is 16.5. The SMILES string of the molecule is CN(CC(=O)N1CCC[C@H](N2CCCC2)C1)S(=O)(=O)c1ccc(C#N)cc1. The monoisotopic (exact) mass is 390 g/mol. The second kappa shape index (κ2) is 8.38. The van der Waals surface area contributed by atoms with Crippen LogP contribution in [0.25, 0.3) is 0 Å². The quantitative estimate of drug-likeness (QED) is 0.756. The van der Waals surface area contributed by atoms with Crippen molar-refractivity contribution in [1.82, 2.24) is 14.1 Å². The van der Waals surface area contributed by atoms with Gasteiger partial charge in [0.05, 0.1) is 23.1 Å². The van der Waals surface area contributed by atoms with E-state index in [-0.39, 0.29) is 17.3 Å². The second-order valence-corrected chi connectivity index (χ2v) is 9.32. The standard InChI is InChI=1S/C19H26N4O3S/c1-21(27(25,26)18-8-6-16(13-20)7-9-18)15-19(24)23-12-4-5-17(14-23)22-10-2-3-11-22/h6-9,17H,2-5,10-12,14-15H2,1H3/t17-/m0/s1. The van der Waals surface area contributed by atoms with E-state index in [2.05, 4.69) is 4.90 Å². The van der Waals surface area contributed by atoms with Gasteiger partial charge >= 0.3 is 0 Å². The van der Waals surface area contributed by atoms with Crippen molar-refractivity contribution in [2.24, 2.45) is 0 Å². The highest BCUT2D eigenvalue weighted by atomic mass is 32.2. The fourth-order valence-electron chi connectivity index (χ4n) is 3.84. The van der Waals surface area contributed by atoms with E-state index in [0.717, 1.165) is 30.2 Å². The largest absolute Gasteiger partial charge is 0.340 e. The summed E-state index contributed by atoms with van der Waals surface area (Å²) in [5.74, 6) is -0.154. The van der Waals surface area contributed by atoms with Gasteiger partial charge in [-0.05, 0) is 63.0 Å². The summed E-state index contributed by atoms with van der Waals surface area (Å²) in [4.78, 5) is 17.1. The third-order valence-corrected chi connectivity index (χ3v) is 7.27. The maximum atomic E-state index is 12.7. The molecule has 0 saturated carbocycles. The van der Waals surface area contributed by atoms with Crippen LogP contribution in [0, 0.1) is 11.3 Å². The van der Waals surface area contributed by atoms with Crippen LogP contribution in [0.4, 0.5) is 0 Å². The third-order valence-electron chi connectivity index (χ3n) is 5.46. The van der Waals surface area contributed by atoms with Gasteiger partial charge in [-0.25, -0.2) is 8.42 Å². The number of likely N-dealkylation sites (N-methyl/N-ethyl adjacent to an activating group) is 1. The lowest BCUT2D eigenvalue weighted by molar-refractivity contribution is -0.133. The Morgan fingerprint density at radius 2 is 1.85 bits per heavy atom. The number of piperidine rings is 1. The van der Waals surface area contributed by atoms with Crippen LogP contribution in [0.15, 0.2) is 29.2 Å². The molecule has 0 aliphatic carbocycles. The van der Waals surface area contributed by atoms with Gasteiger partial charge < -0.3 is 4.90 Å². The van der Waals surface area contributed by atoms with Crippen molar-refractivity contribution in [3.05, 3.63) is 29.8 Å². The van der Waals surface area contributed by atoms with Gasteiger partial charge in [0.15, 0.2) is 0 Å². The number of hydrogen-bond acceptors (Lipinski definition) is 5. The molecule has 27 heavy (non-hydrogen) atoms. The molecule has 0 N–H and O–H groups in total. The van der Waals surface area contributed by atoms with Crippen molar-refractivity contribution in [1.29, 1.82) is 5.26 Å². The van der Waals surface area contributed by atoms with E-state index in [1.165, 1.54) is 44.2 Å². The van der Waals surface area contributed by atoms with E-state index in [0.29, 0.717) is 24.7 Å². The second-order valence-electron chi connectivity index (χ2n) is 7.28. The molecule has 1 amide bonds. The highest BCUT2D eigenvalue weighted by molar-refractivity contribution is 7.89. The first-order chi connectivity index (χ1) is 12.9. The van der Waals surface area contributed by atoms with Crippen LogP contribution in [-0.4, -0.2) is 74.2 Å². The highest BCUT2D eigenvalue weighted by Crippen LogP contribution is 2.21. The Morgan fingerprint density at radius 1 is 1.19 bits per heavy atom. The van der Waals surface area contributed by atoms with Crippen LogP contribution in [-0.2, 0) is 14.8 Å². The van der Waals surface area contributed by atoms with Crippen LogP contribution in [0.2, 0.25) is 0 Å². The number of likely N-dealkylation sites (tertiary alicyclic amines) is 2. The van der Waals surface area contributed by atoms with Crippen molar-refractivity contribution in [2.75, 3.05) is 39.8 Å². The van der Waals surface area contributed by atoms with Crippen molar-refractivity contribution in [3.8, 4) is 6.07 Å². The zero-order valence-electron chi connectivity index (χ0n) is 15.7. The Hall–Kier alpha value is -1.95. The number of benzene rings is 1. The average Bonchev–Trinajstić information content (AvgIpc) is 3.23. The lowest BCUT2D eigenvalue weighted by Crippen LogP contribution is -2.51. The van der Waals surface area contributed by atoms with Gasteiger partial charge in [0.1, 0.15) is 0 Å². The summed E-state index contributed by atoms with van der Waals surface area (Å²) in [5, 5.41) is 8.84. The summed E-state index contributed by atoms with van der Waals surface area (Å²) in [5.41, 5.74) is 0.397. The summed E-state index contributed by atoms with van der Waals surface area (Å²) in [7, 11) is -2.34. The molecule has 2 heterocycles. The number of carbonyl (C=O) groups is 1.